The van der Waals surface area contributed by atoms with E-state index in [4.69, 9.17) is 0 Å². The molecule has 0 saturated heterocycles. The van der Waals surface area contributed by atoms with Crippen molar-refractivity contribution in [1.82, 2.24) is 10.9 Å². The number of benzene rings is 2. The third-order valence-electron chi connectivity index (χ3n) is 3.35. The molecule has 0 heterocycles. The summed E-state index contributed by atoms with van der Waals surface area (Å²) in [6.45, 7) is 1.79. The maximum Gasteiger partial charge on any atom is 0.259 e. The molecule has 0 bridgehead atoms. The van der Waals surface area contributed by atoms with Gasteiger partial charge in [0.2, 0.25) is 0 Å². The predicted octanol–water partition coefficient (Wildman–Crippen LogP) is 3.33. The monoisotopic (exact) mass is 522 g/mol. The topological polar surface area (TPSA) is 107 Å². The summed E-state index contributed by atoms with van der Waals surface area (Å²) in [5.41, 5.74) is 6.86. The van der Waals surface area contributed by atoms with Crippen molar-refractivity contribution < 1.29 is 9.59 Å². The molecule has 0 unspecified atom stereocenters. The fourth-order valence-corrected chi connectivity index (χ4v) is 2.82. The summed E-state index contributed by atoms with van der Waals surface area (Å²) >= 11 is 6.73. The van der Waals surface area contributed by atoms with Gasteiger partial charge in [0.15, 0.2) is 0 Å². The lowest BCUT2D eigenvalue weighted by molar-refractivity contribution is -0.120. The van der Waals surface area contributed by atoms with E-state index in [0.29, 0.717) is 5.71 Å². The SMILES string of the molecule is CC(/C=N\NC(=O)CNc1cccc(Br)c1)=N/NC(=O)CNc1cccc(Br)c1. The van der Waals surface area contributed by atoms with Crippen LogP contribution < -0.4 is 21.5 Å². The summed E-state index contributed by atoms with van der Waals surface area (Å²) in [5, 5.41) is 13.7. The number of carbonyl (C=O) groups is 2. The second-order valence-electron chi connectivity index (χ2n) is 5.81. The molecule has 0 fully saturated rings. The van der Waals surface area contributed by atoms with E-state index in [1.165, 1.54) is 6.21 Å². The highest BCUT2D eigenvalue weighted by atomic mass is 79.9. The maximum absolute atomic E-state index is 11.8. The maximum atomic E-state index is 11.8. The number of carbonyl (C=O) groups excluding carboxylic acids is 2. The van der Waals surface area contributed by atoms with Crippen molar-refractivity contribution in [2.24, 2.45) is 10.2 Å². The number of hydrogen-bond donors (Lipinski definition) is 4. The van der Waals surface area contributed by atoms with Gasteiger partial charge in [-0.15, -0.1) is 0 Å². The van der Waals surface area contributed by atoms with Crippen molar-refractivity contribution in [3.63, 3.8) is 0 Å². The minimum Gasteiger partial charge on any atom is -0.376 e. The molecule has 4 N–H and O–H groups in total. The molecule has 8 nitrogen and oxygen atoms in total. The Morgan fingerprint density at radius 3 is 1.93 bits per heavy atom. The molecule has 2 aromatic carbocycles. The molecular formula is C19H20Br2N6O2. The molecule has 10 heteroatoms. The van der Waals surface area contributed by atoms with Crippen LogP contribution in [-0.2, 0) is 9.59 Å². The second kappa shape index (κ2) is 12.0. The van der Waals surface area contributed by atoms with Gasteiger partial charge >= 0.3 is 0 Å². The number of hydrogen-bond acceptors (Lipinski definition) is 6. The van der Waals surface area contributed by atoms with Gasteiger partial charge in [-0.05, 0) is 43.3 Å². The number of nitrogens with zero attached hydrogens (tertiary/aromatic N) is 2. The number of hydrazone groups is 2. The van der Waals surface area contributed by atoms with E-state index in [2.05, 4.69) is 63.5 Å². The van der Waals surface area contributed by atoms with Crippen LogP contribution in [-0.4, -0.2) is 36.8 Å². The Bertz CT molecular complexity index is 917. The number of rotatable bonds is 9. The standard InChI is InChI=1S/C19H20Br2N6O2/c1-13(25-27-19(29)12-23-17-7-3-5-15(21)9-17)10-24-26-18(28)11-22-16-6-2-4-14(20)8-16/h2-10,22-23H,11-12H2,1H3,(H,26,28)(H,27,29)/b24-10-,25-13-. The molecule has 0 aromatic heterocycles. The van der Waals surface area contributed by atoms with Crippen LogP contribution in [0.5, 0.6) is 0 Å². The minimum absolute atomic E-state index is 0.0714. The van der Waals surface area contributed by atoms with E-state index < -0.39 is 0 Å². The highest BCUT2D eigenvalue weighted by Crippen LogP contribution is 2.15. The lowest BCUT2D eigenvalue weighted by atomic mass is 10.3. The Labute approximate surface area is 185 Å². The summed E-state index contributed by atoms with van der Waals surface area (Å²) < 4.78 is 1.84. The number of nitrogens with one attached hydrogen (secondary N) is 4. The van der Waals surface area contributed by atoms with E-state index in [-0.39, 0.29) is 24.9 Å². The molecule has 2 aromatic rings. The summed E-state index contributed by atoms with van der Waals surface area (Å²) in [4.78, 5) is 23.6. The predicted molar refractivity (Wildman–Crippen MR) is 123 cm³/mol. The van der Waals surface area contributed by atoms with Crippen molar-refractivity contribution >= 4 is 67.0 Å². The van der Waals surface area contributed by atoms with Crippen molar-refractivity contribution in [3.05, 3.63) is 57.5 Å². The van der Waals surface area contributed by atoms with Gasteiger partial charge in [-0.25, -0.2) is 10.9 Å². The first kappa shape index (κ1) is 22.6. The van der Waals surface area contributed by atoms with E-state index in [0.717, 1.165) is 20.3 Å². The van der Waals surface area contributed by atoms with Gasteiger partial charge in [0.1, 0.15) is 0 Å². The molecule has 0 atom stereocenters. The molecule has 29 heavy (non-hydrogen) atoms. The summed E-state index contributed by atoms with van der Waals surface area (Å²) in [6, 6.07) is 15.0. The molecule has 0 spiro atoms. The normalized spacial score (nSPS) is 11.2. The first-order valence-corrected chi connectivity index (χ1v) is 10.1. The zero-order chi connectivity index (χ0) is 21.1. The summed E-state index contributed by atoms with van der Waals surface area (Å²) in [7, 11) is 0. The molecular weight excluding hydrogens is 504 g/mol. The summed E-state index contributed by atoms with van der Waals surface area (Å²) in [5.74, 6) is -0.615. The third kappa shape index (κ3) is 9.35. The molecule has 0 aliphatic rings. The number of amides is 2. The lowest BCUT2D eigenvalue weighted by Crippen LogP contribution is -2.27. The lowest BCUT2D eigenvalue weighted by Gasteiger charge is -2.06. The van der Waals surface area contributed by atoms with E-state index in [1.54, 1.807) is 6.92 Å². The Balaban J connectivity index is 1.67. The van der Waals surface area contributed by atoms with Crippen LogP contribution in [0.25, 0.3) is 0 Å². The molecule has 0 saturated carbocycles. The van der Waals surface area contributed by atoms with Crippen LogP contribution in [0.4, 0.5) is 11.4 Å². The molecule has 0 aliphatic heterocycles. The van der Waals surface area contributed by atoms with Gasteiger partial charge in [-0.2, -0.15) is 10.2 Å². The Hall–Kier alpha value is -2.72. The number of halogens is 2. The Kier molecular flexibility index (Phi) is 9.32. The highest BCUT2D eigenvalue weighted by Gasteiger charge is 2.01. The average Bonchev–Trinajstić information content (AvgIpc) is 2.69. The van der Waals surface area contributed by atoms with Gasteiger partial charge in [0.05, 0.1) is 25.0 Å². The first-order valence-electron chi connectivity index (χ1n) is 8.56. The fraction of sp³-hybridized carbons (Fsp3) is 0.158. The average molecular weight is 524 g/mol. The van der Waals surface area contributed by atoms with Crippen LogP contribution in [0.3, 0.4) is 0 Å². The van der Waals surface area contributed by atoms with E-state index in [9.17, 15) is 9.59 Å². The molecule has 152 valence electrons. The Morgan fingerprint density at radius 2 is 1.41 bits per heavy atom. The largest absolute Gasteiger partial charge is 0.376 e. The highest BCUT2D eigenvalue weighted by molar-refractivity contribution is 9.10. The molecule has 0 aliphatic carbocycles. The van der Waals surface area contributed by atoms with Gasteiger partial charge in [0.25, 0.3) is 11.8 Å². The third-order valence-corrected chi connectivity index (χ3v) is 4.34. The summed E-state index contributed by atoms with van der Waals surface area (Å²) in [6.07, 6.45) is 1.35. The van der Waals surface area contributed by atoms with Gasteiger partial charge in [-0.1, -0.05) is 44.0 Å². The fourth-order valence-electron chi connectivity index (χ4n) is 2.02. The van der Waals surface area contributed by atoms with Crippen LogP contribution >= 0.6 is 31.9 Å². The minimum atomic E-state index is -0.309. The molecule has 2 rings (SSSR count). The zero-order valence-electron chi connectivity index (χ0n) is 15.6. The molecule has 2 amide bonds. The second-order valence-corrected chi connectivity index (χ2v) is 7.64. The van der Waals surface area contributed by atoms with Crippen LogP contribution in [0.2, 0.25) is 0 Å². The quantitative estimate of drug-likeness (QED) is 0.298. The van der Waals surface area contributed by atoms with Crippen LogP contribution in [0, 0.1) is 0 Å². The van der Waals surface area contributed by atoms with Crippen molar-refractivity contribution in [2.45, 2.75) is 6.92 Å². The number of anilines is 2. The first-order chi connectivity index (χ1) is 13.9. The van der Waals surface area contributed by atoms with Crippen molar-refractivity contribution in [2.75, 3.05) is 23.7 Å². The smallest absolute Gasteiger partial charge is 0.259 e. The zero-order valence-corrected chi connectivity index (χ0v) is 18.7. The van der Waals surface area contributed by atoms with Gasteiger partial charge in [-0.3, -0.25) is 9.59 Å². The Morgan fingerprint density at radius 1 is 0.897 bits per heavy atom. The van der Waals surface area contributed by atoms with Crippen LogP contribution in [0.15, 0.2) is 67.7 Å². The van der Waals surface area contributed by atoms with Crippen molar-refractivity contribution in [1.29, 1.82) is 0 Å². The van der Waals surface area contributed by atoms with Gasteiger partial charge in [0, 0.05) is 20.3 Å². The van der Waals surface area contributed by atoms with Crippen LogP contribution in [0.1, 0.15) is 6.92 Å². The van der Waals surface area contributed by atoms with Gasteiger partial charge < -0.3 is 10.6 Å². The van der Waals surface area contributed by atoms with Crippen molar-refractivity contribution in [3.8, 4) is 0 Å². The van der Waals surface area contributed by atoms with E-state index in [1.807, 2.05) is 48.5 Å². The van der Waals surface area contributed by atoms with E-state index >= 15 is 0 Å². The molecule has 0 radical (unpaired) electrons.